The fourth-order valence-corrected chi connectivity index (χ4v) is 1.74. The quantitative estimate of drug-likeness (QED) is 0.310. The van der Waals surface area contributed by atoms with E-state index in [9.17, 15) is 4.57 Å². The molecule has 0 aliphatic rings. The van der Waals surface area contributed by atoms with Crippen LogP contribution in [-0.2, 0) is 13.8 Å². The van der Waals surface area contributed by atoms with Crippen molar-refractivity contribution in [1.29, 1.82) is 0 Å². The van der Waals surface area contributed by atoms with Gasteiger partial charge in [0.2, 0.25) is 0 Å². The smallest absolute Gasteiger partial charge is 0.128 e. The highest BCUT2D eigenvalue weighted by molar-refractivity contribution is 7.33. The van der Waals surface area contributed by atoms with Crippen LogP contribution < -0.4 is 0 Å². The predicted octanol–water partition coefficient (Wildman–Crippen LogP) is 2.86. The highest BCUT2D eigenvalue weighted by atomic mass is 31.1. The van der Waals surface area contributed by atoms with Gasteiger partial charge < -0.3 is 0 Å². The Hall–Kier alpha value is -1.10. The third kappa shape index (κ3) is 8.06. The zero-order chi connectivity index (χ0) is 13.8. The number of nitrogens with zero attached hydrogens (tertiary/aromatic N) is 2. The first-order valence-corrected chi connectivity index (χ1v) is 6.54. The van der Waals surface area contributed by atoms with Gasteiger partial charge in [0.25, 0.3) is 0 Å². The van der Waals surface area contributed by atoms with Gasteiger partial charge in [0.15, 0.2) is 0 Å². The van der Waals surface area contributed by atoms with Gasteiger partial charge in [0.05, 0.1) is 0 Å². The van der Waals surface area contributed by atoms with E-state index in [0.717, 1.165) is 0 Å². The lowest BCUT2D eigenvalue weighted by Gasteiger charge is -2.12. The Bertz CT molecular complexity index is 260. The number of rotatable bonds is 12. The molecule has 6 heteroatoms. The molecule has 0 saturated carbocycles. The van der Waals surface area contributed by atoms with Gasteiger partial charge in [-0.1, -0.05) is 24.3 Å². The van der Waals surface area contributed by atoms with Crippen LogP contribution in [0.15, 0.2) is 50.6 Å². The monoisotopic (exact) mass is 271 g/mol. The van der Waals surface area contributed by atoms with E-state index in [4.69, 9.17) is 9.25 Å². The Balaban J connectivity index is 4.25. The molecule has 100 valence electrons. The Morgan fingerprint density at radius 3 is 1.28 bits per heavy atom. The standard InChI is InChI=1S/C12H20N2O3P/c1-5-9-13(10-6-2)16-18(15)17-14(11-7-3)12-8-4/h5-8H,1-4,9-12H2/q+1. The molecule has 0 radical (unpaired) electrons. The maximum atomic E-state index is 11.6. The van der Waals surface area contributed by atoms with Gasteiger partial charge in [-0.2, -0.15) is 0 Å². The molecule has 0 aliphatic heterocycles. The van der Waals surface area contributed by atoms with Crippen LogP contribution in [0.2, 0.25) is 0 Å². The van der Waals surface area contributed by atoms with E-state index in [0.29, 0.717) is 26.2 Å². The second kappa shape index (κ2) is 11.0. The van der Waals surface area contributed by atoms with Crippen LogP contribution in [0.1, 0.15) is 0 Å². The fraction of sp³-hybridized carbons (Fsp3) is 0.333. The van der Waals surface area contributed by atoms with Crippen LogP contribution in [0.5, 0.6) is 0 Å². The van der Waals surface area contributed by atoms with E-state index in [1.807, 2.05) is 0 Å². The summed E-state index contributed by atoms with van der Waals surface area (Å²) < 4.78 is 21.9. The number of hydrogen-bond acceptors (Lipinski definition) is 5. The minimum Gasteiger partial charge on any atom is -0.128 e. The molecule has 0 aromatic carbocycles. The van der Waals surface area contributed by atoms with Gasteiger partial charge in [-0.25, -0.2) is 0 Å². The summed E-state index contributed by atoms with van der Waals surface area (Å²) in [4.78, 5) is 0. The molecule has 0 saturated heterocycles. The van der Waals surface area contributed by atoms with E-state index in [1.165, 1.54) is 10.1 Å². The number of hydroxylamine groups is 4. The summed E-state index contributed by atoms with van der Waals surface area (Å²) in [5.74, 6) is 0. The van der Waals surface area contributed by atoms with Gasteiger partial charge in [0.1, 0.15) is 0 Å². The molecule has 0 spiro atoms. The van der Waals surface area contributed by atoms with E-state index < -0.39 is 8.25 Å². The van der Waals surface area contributed by atoms with E-state index in [1.54, 1.807) is 24.3 Å². The Morgan fingerprint density at radius 2 is 1.06 bits per heavy atom. The molecule has 0 aliphatic carbocycles. The molecule has 0 unspecified atom stereocenters. The predicted molar refractivity (Wildman–Crippen MR) is 73.7 cm³/mol. The molecule has 0 amide bonds. The lowest BCUT2D eigenvalue weighted by atomic mass is 10.5. The van der Waals surface area contributed by atoms with Crippen LogP contribution in [0.4, 0.5) is 0 Å². The lowest BCUT2D eigenvalue weighted by Crippen LogP contribution is -2.25. The van der Waals surface area contributed by atoms with Crippen LogP contribution >= 0.6 is 8.25 Å². The molecule has 0 N–H and O–H groups in total. The average Bonchev–Trinajstić information content (AvgIpc) is 2.30. The van der Waals surface area contributed by atoms with Crippen molar-refractivity contribution in [2.24, 2.45) is 0 Å². The minimum atomic E-state index is -2.29. The first-order chi connectivity index (χ1) is 8.67. The molecule has 0 aromatic heterocycles. The molecule has 0 rings (SSSR count). The van der Waals surface area contributed by atoms with Crippen molar-refractivity contribution >= 4 is 8.25 Å². The molecular formula is C12H20N2O3P+. The molecule has 0 fully saturated rings. The van der Waals surface area contributed by atoms with Crippen molar-refractivity contribution in [3.05, 3.63) is 50.6 Å². The van der Waals surface area contributed by atoms with Crippen molar-refractivity contribution in [3.63, 3.8) is 0 Å². The van der Waals surface area contributed by atoms with E-state index >= 15 is 0 Å². The summed E-state index contributed by atoms with van der Waals surface area (Å²) in [5.41, 5.74) is 0. The molecule has 0 atom stereocenters. The van der Waals surface area contributed by atoms with Gasteiger partial charge in [-0.3, -0.25) is 0 Å². The zero-order valence-corrected chi connectivity index (χ0v) is 11.4. The molecule has 0 heterocycles. The largest absolute Gasteiger partial charge is 0.735 e. The summed E-state index contributed by atoms with van der Waals surface area (Å²) in [6, 6.07) is 0. The summed E-state index contributed by atoms with van der Waals surface area (Å²) in [6.45, 7) is 16.0. The lowest BCUT2D eigenvalue weighted by molar-refractivity contribution is -0.0944. The summed E-state index contributed by atoms with van der Waals surface area (Å²) in [5, 5.41) is 2.89. The Kier molecular flexibility index (Phi) is 10.3. The molecule has 18 heavy (non-hydrogen) atoms. The molecular weight excluding hydrogens is 251 g/mol. The highest BCUT2D eigenvalue weighted by Crippen LogP contribution is 2.27. The first-order valence-electron chi connectivity index (χ1n) is 5.44. The third-order valence-corrected chi connectivity index (χ3v) is 2.42. The molecule has 0 bridgehead atoms. The maximum absolute atomic E-state index is 11.6. The van der Waals surface area contributed by atoms with Crippen LogP contribution in [-0.4, -0.2) is 36.3 Å². The van der Waals surface area contributed by atoms with Gasteiger partial charge in [0, 0.05) is 30.7 Å². The summed E-state index contributed by atoms with van der Waals surface area (Å²) in [6.07, 6.45) is 6.55. The van der Waals surface area contributed by atoms with Gasteiger partial charge in [-0.15, -0.1) is 36.4 Å². The normalized spacial score (nSPS) is 10.3. The molecule has 5 nitrogen and oxygen atoms in total. The van der Waals surface area contributed by atoms with Crippen LogP contribution in [0.3, 0.4) is 0 Å². The van der Waals surface area contributed by atoms with Gasteiger partial charge in [-0.05, 0) is 9.25 Å². The average molecular weight is 271 g/mol. The van der Waals surface area contributed by atoms with Crippen molar-refractivity contribution < 1.29 is 13.8 Å². The van der Waals surface area contributed by atoms with Crippen molar-refractivity contribution in [3.8, 4) is 0 Å². The minimum absolute atomic E-state index is 0.430. The fourth-order valence-electron chi connectivity index (χ4n) is 1.06. The third-order valence-electron chi connectivity index (χ3n) is 1.70. The van der Waals surface area contributed by atoms with Crippen LogP contribution in [0, 0.1) is 0 Å². The topological polar surface area (TPSA) is 42.0 Å². The Labute approximate surface area is 110 Å². The van der Waals surface area contributed by atoms with Crippen LogP contribution in [0.25, 0.3) is 0 Å². The summed E-state index contributed by atoms with van der Waals surface area (Å²) >= 11 is 0. The maximum Gasteiger partial charge on any atom is 0.735 e. The Morgan fingerprint density at radius 1 is 0.778 bits per heavy atom. The second-order valence-electron chi connectivity index (χ2n) is 3.24. The number of hydrogen-bond donors (Lipinski definition) is 0. The molecule has 0 aromatic rings. The zero-order valence-electron chi connectivity index (χ0n) is 10.5. The summed E-state index contributed by atoms with van der Waals surface area (Å²) in [7, 11) is -2.29. The van der Waals surface area contributed by atoms with Crippen molar-refractivity contribution in [2.45, 2.75) is 0 Å². The van der Waals surface area contributed by atoms with E-state index in [-0.39, 0.29) is 0 Å². The highest BCUT2D eigenvalue weighted by Gasteiger charge is 2.29. The first kappa shape index (κ1) is 16.9. The second-order valence-corrected chi connectivity index (χ2v) is 4.01. The van der Waals surface area contributed by atoms with Crippen molar-refractivity contribution in [1.82, 2.24) is 10.1 Å². The van der Waals surface area contributed by atoms with Crippen molar-refractivity contribution in [2.75, 3.05) is 26.2 Å². The van der Waals surface area contributed by atoms with E-state index in [2.05, 4.69) is 26.3 Å². The SMILES string of the molecule is C=CCN(CC=C)O[P+](=O)ON(CC=C)CC=C. The van der Waals surface area contributed by atoms with Gasteiger partial charge >= 0.3 is 8.25 Å².